The standard InChI is InChI=1S/C20H27N2O4PS/c1-15-13-16(9-10-19(15)23)14-18(20(24)21-11-5-6-12-27)22-28(25,26)17-7-3-2-4-8-17/h2-4,7-10,13,18,22-23H,5-6,11-12,14,27H2,1H3,(H,21,24)/t18-/m0/s1. The van der Waals surface area contributed by atoms with Crippen LogP contribution in [-0.2, 0) is 21.2 Å². The van der Waals surface area contributed by atoms with E-state index in [-0.39, 0.29) is 23.0 Å². The molecule has 0 spiro atoms. The molecule has 1 unspecified atom stereocenters. The third-order valence-electron chi connectivity index (χ3n) is 4.30. The van der Waals surface area contributed by atoms with Crippen LogP contribution in [0.3, 0.4) is 0 Å². The molecule has 0 fully saturated rings. The van der Waals surface area contributed by atoms with Crippen molar-refractivity contribution < 1.29 is 18.3 Å². The number of phenols is 1. The van der Waals surface area contributed by atoms with Crippen molar-refractivity contribution in [2.24, 2.45) is 0 Å². The summed E-state index contributed by atoms with van der Waals surface area (Å²) >= 11 is 0. The van der Waals surface area contributed by atoms with Crippen molar-refractivity contribution in [3.05, 3.63) is 59.7 Å². The first kappa shape index (κ1) is 22.3. The highest BCUT2D eigenvalue weighted by atomic mass is 32.2. The Kier molecular flexibility index (Phi) is 8.42. The second-order valence-electron chi connectivity index (χ2n) is 6.60. The highest BCUT2D eigenvalue weighted by Crippen LogP contribution is 2.18. The van der Waals surface area contributed by atoms with Gasteiger partial charge in [-0.2, -0.15) is 4.72 Å². The molecule has 6 nitrogen and oxygen atoms in total. The number of nitrogens with one attached hydrogen (secondary N) is 2. The van der Waals surface area contributed by atoms with Gasteiger partial charge in [-0.25, -0.2) is 8.42 Å². The molecule has 152 valence electrons. The maximum absolute atomic E-state index is 12.7. The number of unbranched alkanes of at least 4 members (excludes halogenated alkanes) is 1. The van der Waals surface area contributed by atoms with Gasteiger partial charge in [-0.05, 0) is 61.7 Å². The number of sulfonamides is 1. The van der Waals surface area contributed by atoms with Gasteiger partial charge in [0.05, 0.1) is 4.90 Å². The lowest BCUT2D eigenvalue weighted by molar-refractivity contribution is -0.122. The number of phenolic OH excluding ortho intramolecular Hbond substituents is 1. The zero-order valence-electron chi connectivity index (χ0n) is 15.9. The van der Waals surface area contributed by atoms with E-state index in [1.165, 1.54) is 12.1 Å². The number of hydrogen-bond donors (Lipinski definition) is 3. The molecular weight excluding hydrogens is 395 g/mol. The van der Waals surface area contributed by atoms with Crippen LogP contribution in [0, 0.1) is 6.92 Å². The van der Waals surface area contributed by atoms with Crippen molar-refractivity contribution in [2.45, 2.75) is 37.1 Å². The minimum Gasteiger partial charge on any atom is -0.508 e. The Bertz CT molecular complexity index is 888. The molecule has 0 aliphatic rings. The molecule has 2 aromatic carbocycles. The van der Waals surface area contributed by atoms with E-state index in [9.17, 15) is 18.3 Å². The summed E-state index contributed by atoms with van der Waals surface area (Å²) < 4.78 is 27.9. The average Bonchev–Trinajstić information content (AvgIpc) is 2.68. The summed E-state index contributed by atoms with van der Waals surface area (Å²) in [4.78, 5) is 12.8. The smallest absolute Gasteiger partial charge is 0.241 e. The molecule has 2 rings (SSSR count). The summed E-state index contributed by atoms with van der Waals surface area (Å²) in [5, 5.41) is 12.5. The van der Waals surface area contributed by atoms with Crippen LogP contribution in [0.4, 0.5) is 0 Å². The van der Waals surface area contributed by atoms with Crippen molar-refractivity contribution in [3.63, 3.8) is 0 Å². The summed E-state index contributed by atoms with van der Waals surface area (Å²) in [7, 11) is -1.20. The Hall–Kier alpha value is -1.95. The zero-order valence-corrected chi connectivity index (χ0v) is 17.9. The molecule has 1 amide bonds. The van der Waals surface area contributed by atoms with Gasteiger partial charge < -0.3 is 10.4 Å². The van der Waals surface area contributed by atoms with Gasteiger partial charge in [0.15, 0.2) is 0 Å². The Morgan fingerprint density at radius 2 is 1.86 bits per heavy atom. The summed E-state index contributed by atoms with van der Waals surface area (Å²) in [5.74, 6) is -0.207. The molecule has 28 heavy (non-hydrogen) atoms. The molecule has 0 aromatic heterocycles. The first-order chi connectivity index (χ1) is 13.3. The highest BCUT2D eigenvalue weighted by molar-refractivity contribution is 7.89. The SMILES string of the molecule is Cc1cc(C[C@H](NS(=O)(=O)c2ccccc2)C(=O)NCCCCP)ccc1O. The van der Waals surface area contributed by atoms with E-state index in [4.69, 9.17) is 0 Å². The first-order valence-corrected chi connectivity index (χ1v) is 11.5. The van der Waals surface area contributed by atoms with Gasteiger partial charge in [-0.1, -0.05) is 30.3 Å². The number of aryl methyl sites for hydroxylation is 1. The van der Waals surface area contributed by atoms with E-state index in [1.54, 1.807) is 43.3 Å². The second-order valence-corrected chi connectivity index (χ2v) is 8.89. The van der Waals surface area contributed by atoms with E-state index in [0.29, 0.717) is 12.1 Å². The molecule has 0 bridgehead atoms. The van der Waals surface area contributed by atoms with Crippen LogP contribution in [0.2, 0.25) is 0 Å². The lowest BCUT2D eigenvalue weighted by atomic mass is 10.0. The molecule has 0 heterocycles. The van der Waals surface area contributed by atoms with Gasteiger partial charge >= 0.3 is 0 Å². The maximum Gasteiger partial charge on any atom is 0.241 e. The quantitative estimate of drug-likeness (QED) is 0.405. The first-order valence-electron chi connectivity index (χ1n) is 9.17. The van der Waals surface area contributed by atoms with Crippen LogP contribution in [0.1, 0.15) is 24.0 Å². The molecule has 8 heteroatoms. The maximum atomic E-state index is 12.7. The van der Waals surface area contributed by atoms with Crippen LogP contribution in [0.5, 0.6) is 5.75 Å². The number of amides is 1. The van der Waals surface area contributed by atoms with Crippen molar-refractivity contribution >= 4 is 25.2 Å². The van der Waals surface area contributed by atoms with Crippen LogP contribution >= 0.6 is 9.24 Å². The zero-order chi connectivity index (χ0) is 20.6. The van der Waals surface area contributed by atoms with E-state index in [0.717, 1.165) is 24.6 Å². The number of aromatic hydroxyl groups is 1. The van der Waals surface area contributed by atoms with Gasteiger partial charge in [0.1, 0.15) is 11.8 Å². The molecule has 3 N–H and O–H groups in total. The minimum absolute atomic E-state index is 0.109. The lowest BCUT2D eigenvalue weighted by Crippen LogP contribution is -2.48. The normalized spacial score (nSPS) is 12.5. The topological polar surface area (TPSA) is 95.5 Å². The van der Waals surface area contributed by atoms with E-state index in [1.807, 2.05) is 0 Å². The summed E-state index contributed by atoms with van der Waals surface area (Å²) in [6, 6.07) is 12.0. The number of hydrogen-bond acceptors (Lipinski definition) is 4. The predicted octanol–water partition coefficient (Wildman–Crippen LogP) is 2.36. The highest BCUT2D eigenvalue weighted by Gasteiger charge is 2.26. The third-order valence-corrected chi connectivity index (χ3v) is 6.19. The number of rotatable bonds is 10. The molecule has 0 radical (unpaired) electrons. The Morgan fingerprint density at radius 1 is 1.14 bits per heavy atom. The van der Waals surface area contributed by atoms with Crippen LogP contribution in [-0.4, -0.2) is 38.2 Å². The molecule has 0 saturated heterocycles. The second kappa shape index (κ2) is 10.6. The molecule has 2 aromatic rings. The fraction of sp³-hybridized carbons (Fsp3) is 0.350. The Labute approximate surface area is 169 Å². The lowest BCUT2D eigenvalue weighted by Gasteiger charge is -2.19. The van der Waals surface area contributed by atoms with Gasteiger partial charge in [0.25, 0.3) is 0 Å². The van der Waals surface area contributed by atoms with E-state index in [2.05, 4.69) is 19.3 Å². The van der Waals surface area contributed by atoms with Crippen molar-refractivity contribution in [1.29, 1.82) is 0 Å². The van der Waals surface area contributed by atoms with Gasteiger partial charge in [0, 0.05) is 6.54 Å². The fourth-order valence-corrected chi connectivity index (χ4v) is 4.23. The van der Waals surface area contributed by atoms with Gasteiger partial charge in [0.2, 0.25) is 15.9 Å². The average molecular weight is 422 g/mol. The molecule has 0 saturated carbocycles. The number of benzene rings is 2. The van der Waals surface area contributed by atoms with Crippen molar-refractivity contribution in [3.8, 4) is 5.75 Å². The summed E-state index contributed by atoms with van der Waals surface area (Å²) in [6.45, 7) is 2.25. The molecular formula is C20H27N2O4PS. The Balaban J connectivity index is 2.19. The minimum atomic E-state index is -3.84. The molecule has 0 aliphatic heterocycles. The summed E-state index contributed by atoms with van der Waals surface area (Å²) in [6.07, 6.45) is 2.92. The monoisotopic (exact) mass is 422 g/mol. The largest absolute Gasteiger partial charge is 0.508 e. The van der Waals surface area contributed by atoms with Gasteiger partial charge in [-0.3, -0.25) is 4.79 Å². The predicted molar refractivity (Wildman–Crippen MR) is 114 cm³/mol. The van der Waals surface area contributed by atoms with E-state index < -0.39 is 16.1 Å². The fourth-order valence-electron chi connectivity index (χ4n) is 2.73. The van der Waals surface area contributed by atoms with E-state index >= 15 is 0 Å². The molecule has 2 atom stereocenters. The third kappa shape index (κ3) is 6.59. The van der Waals surface area contributed by atoms with Gasteiger partial charge in [-0.15, -0.1) is 9.24 Å². The van der Waals surface area contributed by atoms with Crippen LogP contribution in [0.15, 0.2) is 53.4 Å². The Morgan fingerprint density at radius 3 is 2.50 bits per heavy atom. The number of carbonyl (C=O) groups is 1. The van der Waals surface area contributed by atoms with Crippen LogP contribution in [0.25, 0.3) is 0 Å². The van der Waals surface area contributed by atoms with Crippen molar-refractivity contribution in [2.75, 3.05) is 12.7 Å². The molecule has 0 aliphatic carbocycles. The number of carbonyl (C=O) groups excluding carboxylic acids is 1. The van der Waals surface area contributed by atoms with Crippen LogP contribution < -0.4 is 10.0 Å². The summed E-state index contributed by atoms with van der Waals surface area (Å²) in [5.41, 5.74) is 1.43. The van der Waals surface area contributed by atoms with Crippen molar-refractivity contribution in [1.82, 2.24) is 10.0 Å².